The van der Waals surface area contributed by atoms with Crippen molar-refractivity contribution < 1.29 is 28.6 Å². The van der Waals surface area contributed by atoms with Crippen LogP contribution in [0.4, 0.5) is 0 Å². The summed E-state index contributed by atoms with van der Waals surface area (Å²) in [4.78, 5) is 37.3. The molecule has 0 aromatic carbocycles. The highest BCUT2D eigenvalue weighted by atomic mass is 16.6. The minimum absolute atomic E-state index is 0.0708. The molecule has 0 radical (unpaired) electrons. The first kappa shape index (κ1) is 47.1. The van der Waals surface area contributed by atoms with Crippen LogP contribution in [-0.2, 0) is 28.6 Å². The van der Waals surface area contributed by atoms with Crippen molar-refractivity contribution in [3.63, 3.8) is 0 Å². The molecule has 288 valence electrons. The van der Waals surface area contributed by atoms with Crippen LogP contribution in [0.5, 0.6) is 0 Å². The molecule has 0 saturated heterocycles. The van der Waals surface area contributed by atoms with Crippen LogP contribution in [-0.4, -0.2) is 37.2 Å². The lowest BCUT2D eigenvalue weighted by Gasteiger charge is -2.18. The van der Waals surface area contributed by atoms with E-state index in [1.807, 2.05) is 0 Å². The van der Waals surface area contributed by atoms with Gasteiger partial charge in [-0.2, -0.15) is 0 Å². The van der Waals surface area contributed by atoms with Gasteiger partial charge in [0, 0.05) is 19.3 Å². The highest BCUT2D eigenvalue weighted by molar-refractivity contribution is 5.71. The molecular weight excluding hydrogens is 612 g/mol. The van der Waals surface area contributed by atoms with E-state index >= 15 is 0 Å². The number of unbranched alkanes of at least 4 members (excludes halogenated alkanes) is 25. The maximum Gasteiger partial charge on any atom is 0.306 e. The Morgan fingerprint density at radius 3 is 1.04 bits per heavy atom. The summed E-state index contributed by atoms with van der Waals surface area (Å²) < 4.78 is 16.6. The minimum atomic E-state index is -0.762. The highest BCUT2D eigenvalue weighted by Gasteiger charge is 2.19. The van der Waals surface area contributed by atoms with Crippen LogP contribution in [0.25, 0.3) is 0 Å². The van der Waals surface area contributed by atoms with Crippen LogP contribution < -0.4 is 0 Å². The molecule has 0 aliphatic rings. The third kappa shape index (κ3) is 37.2. The lowest BCUT2D eigenvalue weighted by molar-refractivity contribution is -0.167. The van der Waals surface area contributed by atoms with E-state index in [0.717, 1.165) is 70.6 Å². The number of ether oxygens (including phenoxy) is 3. The number of esters is 3. The molecule has 6 nitrogen and oxygen atoms in total. The fourth-order valence-corrected chi connectivity index (χ4v) is 6.02. The molecule has 0 fully saturated rings. The molecule has 0 amide bonds. The molecule has 49 heavy (non-hydrogen) atoms. The third-order valence-electron chi connectivity index (χ3n) is 9.27. The van der Waals surface area contributed by atoms with Crippen LogP contribution in [0.2, 0.25) is 0 Å². The van der Waals surface area contributed by atoms with Gasteiger partial charge in [0.1, 0.15) is 13.2 Å². The lowest BCUT2D eigenvalue weighted by atomic mass is 10.0. The van der Waals surface area contributed by atoms with Crippen molar-refractivity contribution in [3.8, 4) is 0 Å². The number of carbonyl (C=O) groups is 3. The number of carbonyl (C=O) groups excluding carboxylic acids is 3. The molecule has 0 saturated carbocycles. The van der Waals surface area contributed by atoms with Gasteiger partial charge in [-0.25, -0.2) is 0 Å². The summed E-state index contributed by atoms with van der Waals surface area (Å²) in [5.74, 6) is -0.889. The molecule has 1 atom stereocenters. The summed E-state index contributed by atoms with van der Waals surface area (Å²) in [5, 5.41) is 0. The zero-order valence-electron chi connectivity index (χ0n) is 32.7. The first-order valence-corrected chi connectivity index (χ1v) is 21.2. The molecule has 0 aromatic heterocycles. The van der Waals surface area contributed by atoms with Gasteiger partial charge in [0.2, 0.25) is 0 Å². The van der Waals surface area contributed by atoms with Crippen molar-refractivity contribution >= 4 is 17.9 Å². The predicted molar refractivity (Wildman–Crippen MR) is 206 cm³/mol. The predicted octanol–water partition coefficient (Wildman–Crippen LogP) is 13.1. The Bertz CT molecular complexity index is 763. The molecule has 1 unspecified atom stereocenters. The van der Waals surface area contributed by atoms with Crippen molar-refractivity contribution in [2.75, 3.05) is 13.2 Å². The quantitative estimate of drug-likeness (QED) is 0.0277. The summed E-state index contributed by atoms with van der Waals surface area (Å²) in [6, 6.07) is 0. The van der Waals surface area contributed by atoms with E-state index in [1.54, 1.807) is 0 Å². The standard InChI is InChI=1S/C43H80O6/c1-4-7-10-13-15-17-19-21-23-25-27-30-33-36-42(45)48-39-40(38-47-41(44)35-32-29-12-9-6-3)49-43(46)37-34-31-28-26-24-22-20-18-16-14-11-8-5-2/h17,19,40H,4-16,18,20-39H2,1-3H3/b19-17-. The molecule has 0 N–H and O–H groups in total. The maximum atomic E-state index is 12.6. The second-order valence-corrected chi connectivity index (χ2v) is 14.3. The number of allylic oxidation sites excluding steroid dienone is 2. The smallest absolute Gasteiger partial charge is 0.306 e. The van der Waals surface area contributed by atoms with Crippen molar-refractivity contribution in [2.45, 2.75) is 232 Å². The van der Waals surface area contributed by atoms with Gasteiger partial charge in [-0.1, -0.05) is 174 Å². The summed E-state index contributed by atoms with van der Waals surface area (Å²) in [6.07, 6.45) is 39.3. The summed E-state index contributed by atoms with van der Waals surface area (Å²) in [7, 11) is 0. The number of hydrogen-bond donors (Lipinski definition) is 0. The lowest BCUT2D eigenvalue weighted by Crippen LogP contribution is -2.30. The summed E-state index contributed by atoms with van der Waals surface area (Å²) in [5.41, 5.74) is 0. The van der Waals surface area contributed by atoms with Gasteiger partial charge in [-0.15, -0.1) is 0 Å². The Kier molecular flexibility index (Phi) is 37.5. The first-order chi connectivity index (χ1) is 24.0. The number of rotatable bonds is 38. The second-order valence-electron chi connectivity index (χ2n) is 14.3. The maximum absolute atomic E-state index is 12.6. The zero-order valence-corrected chi connectivity index (χ0v) is 32.7. The van der Waals surface area contributed by atoms with E-state index in [0.29, 0.717) is 19.3 Å². The van der Waals surface area contributed by atoms with Gasteiger partial charge in [-0.3, -0.25) is 14.4 Å². The van der Waals surface area contributed by atoms with Gasteiger partial charge in [0.25, 0.3) is 0 Å². The van der Waals surface area contributed by atoms with Crippen LogP contribution in [0.3, 0.4) is 0 Å². The molecular formula is C43H80O6. The van der Waals surface area contributed by atoms with Crippen LogP contribution >= 0.6 is 0 Å². The Labute approximate surface area is 303 Å². The molecule has 0 spiro atoms. The Morgan fingerprint density at radius 2 is 0.673 bits per heavy atom. The van der Waals surface area contributed by atoms with Crippen molar-refractivity contribution in [3.05, 3.63) is 12.2 Å². The fourth-order valence-electron chi connectivity index (χ4n) is 6.02. The fraction of sp³-hybridized carbons (Fsp3) is 0.884. The van der Waals surface area contributed by atoms with E-state index in [9.17, 15) is 14.4 Å². The Morgan fingerprint density at radius 1 is 0.388 bits per heavy atom. The van der Waals surface area contributed by atoms with E-state index in [1.165, 1.54) is 116 Å². The topological polar surface area (TPSA) is 78.9 Å². The average Bonchev–Trinajstić information content (AvgIpc) is 3.09. The van der Waals surface area contributed by atoms with Gasteiger partial charge in [0.05, 0.1) is 0 Å². The summed E-state index contributed by atoms with van der Waals surface area (Å²) >= 11 is 0. The molecule has 0 heterocycles. The molecule has 0 bridgehead atoms. The molecule has 0 aliphatic carbocycles. The van der Waals surface area contributed by atoms with Gasteiger partial charge >= 0.3 is 17.9 Å². The van der Waals surface area contributed by atoms with Crippen LogP contribution in [0.15, 0.2) is 12.2 Å². The van der Waals surface area contributed by atoms with E-state index in [-0.39, 0.29) is 31.1 Å². The number of hydrogen-bond acceptors (Lipinski definition) is 6. The van der Waals surface area contributed by atoms with Gasteiger partial charge < -0.3 is 14.2 Å². The first-order valence-electron chi connectivity index (χ1n) is 21.2. The molecule has 0 aromatic rings. The van der Waals surface area contributed by atoms with Crippen molar-refractivity contribution in [1.82, 2.24) is 0 Å². The van der Waals surface area contributed by atoms with Crippen molar-refractivity contribution in [2.24, 2.45) is 0 Å². The Balaban J connectivity index is 4.25. The highest BCUT2D eigenvalue weighted by Crippen LogP contribution is 2.14. The monoisotopic (exact) mass is 693 g/mol. The van der Waals surface area contributed by atoms with Gasteiger partial charge in [0.15, 0.2) is 6.10 Å². The van der Waals surface area contributed by atoms with Crippen LogP contribution in [0.1, 0.15) is 226 Å². The SMILES string of the molecule is CCCCCC/C=C\CCCCCCCC(=O)OCC(COC(=O)CCCCCCC)OC(=O)CCCCCCCCCCCCCCC. The largest absolute Gasteiger partial charge is 0.462 e. The third-order valence-corrected chi connectivity index (χ3v) is 9.27. The summed E-state index contributed by atoms with van der Waals surface area (Å²) in [6.45, 7) is 6.53. The van der Waals surface area contributed by atoms with E-state index in [2.05, 4.69) is 32.9 Å². The Hall–Kier alpha value is -1.85. The van der Waals surface area contributed by atoms with E-state index < -0.39 is 6.10 Å². The van der Waals surface area contributed by atoms with E-state index in [4.69, 9.17) is 14.2 Å². The normalized spacial score (nSPS) is 12.0. The average molecular weight is 693 g/mol. The minimum Gasteiger partial charge on any atom is -0.462 e. The van der Waals surface area contributed by atoms with Crippen molar-refractivity contribution in [1.29, 1.82) is 0 Å². The zero-order chi connectivity index (χ0) is 35.9. The van der Waals surface area contributed by atoms with Gasteiger partial charge in [-0.05, 0) is 44.9 Å². The molecule has 0 aliphatic heterocycles. The second kappa shape index (κ2) is 38.9. The van der Waals surface area contributed by atoms with Crippen LogP contribution in [0, 0.1) is 0 Å². The molecule has 0 rings (SSSR count). The molecule has 6 heteroatoms.